The number of benzene rings is 1. The molecular weight excluding hydrogens is 344 g/mol. The van der Waals surface area contributed by atoms with Gasteiger partial charge >= 0.3 is 0 Å². The molecule has 27 heavy (non-hydrogen) atoms. The van der Waals surface area contributed by atoms with Gasteiger partial charge in [0.25, 0.3) is 0 Å². The van der Waals surface area contributed by atoms with Crippen LogP contribution in [0.5, 0.6) is 0 Å². The molecule has 1 atom stereocenters. The van der Waals surface area contributed by atoms with Crippen molar-refractivity contribution >= 4 is 17.6 Å². The molecule has 7 heteroatoms. The second kappa shape index (κ2) is 8.62. The molecule has 7 nitrogen and oxygen atoms in total. The van der Waals surface area contributed by atoms with Crippen molar-refractivity contribution < 1.29 is 14.4 Å². The molecule has 1 aliphatic rings. The molecule has 0 radical (unpaired) electrons. The first-order chi connectivity index (χ1) is 13.0. The summed E-state index contributed by atoms with van der Waals surface area (Å²) in [5.74, 6) is 0.400. The normalized spacial score (nSPS) is 16.9. The summed E-state index contributed by atoms with van der Waals surface area (Å²) in [4.78, 5) is 42.2. The number of hydrogen-bond donors (Lipinski definition) is 1. The summed E-state index contributed by atoms with van der Waals surface area (Å²) in [5.41, 5.74) is 5.92. The van der Waals surface area contributed by atoms with E-state index in [1.807, 2.05) is 18.2 Å². The quantitative estimate of drug-likeness (QED) is 0.753. The van der Waals surface area contributed by atoms with Crippen LogP contribution in [0.1, 0.15) is 47.8 Å². The van der Waals surface area contributed by atoms with Gasteiger partial charge in [-0.05, 0) is 12.8 Å². The molecule has 2 N–H and O–H groups in total. The zero-order valence-corrected chi connectivity index (χ0v) is 15.2. The van der Waals surface area contributed by atoms with E-state index in [1.54, 1.807) is 34.0 Å². The number of rotatable bonds is 7. The van der Waals surface area contributed by atoms with Gasteiger partial charge in [0.05, 0.1) is 0 Å². The Morgan fingerprint density at radius 1 is 1.15 bits per heavy atom. The third kappa shape index (κ3) is 4.81. The Morgan fingerprint density at radius 3 is 2.67 bits per heavy atom. The van der Waals surface area contributed by atoms with Crippen LogP contribution in [0.2, 0.25) is 0 Å². The monoisotopic (exact) mass is 368 g/mol. The summed E-state index contributed by atoms with van der Waals surface area (Å²) in [6.45, 7) is 1.32. The second-order valence-corrected chi connectivity index (χ2v) is 6.85. The molecule has 1 fully saturated rings. The van der Waals surface area contributed by atoms with E-state index in [0.29, 0.717) is 18.7 Å². The number of piperidine rings is 1. The lowest BCUT2D eigenvalue weighted by atomic mass is 9.96. The maximum atomic E-state index is 12.6. The van der Waals surface area contributed by atoms with Crippen molar-refractivity contribution in [1.82, 2.24) is 14.5 Å². The van der Waals surface area contributed by atoms with Crippen molar-refractivity contribution in [2.45, 2.75) is 38.1 Å². The zero-order valence-electron chi connectivity index (χ0n) is 15.2. The summed E-state index contributed by atoms with van der Waals surface area (Å²) in [7, 11) is 0. The number of hydrogen-bond acceptors (Lipinski definition) is 4. The fourth-order valence-corrected chi connectivity index (χ4v) is 3.54. The minimum atomic E-state index is -0.419. The Kier molecular flexibility index (Phi) is 6.01. The van der Waals surface area contributed by atoms with Gasteiger partial charge in [-0.2, -0.15) is 0 Å². The lowest BCUT2D eigenvalue weighted by Gasteiger charge is -2.32. The first kappa shape index (κ1) is 18.8. The van der Waals surface area contributed by atoms with Crippen LogP contribution in [0.4, 0.5) is 0 Å². The van der Waals surface area contributed by atoms with E-state index in [0.717, 1.165) is 18.7 Å². The maximum absolute atomic E-state index is 12.6. The van der Waals surface area contributed by atoms with Gasteiger partial charge in [0.2, 0.25) is 11.8 Å². The summed E-state index contributed by atoms with van der Waals surface area (Å²) >= 11 is 0. The van der Waals surface area contributed by atoms with Crippen LogP contribution in [0.25, 0.3) is 0 Å². The highest BCUT2D eigenvalue weighted by atomic mass is 16.2. The molecule has 1 saturated heterocycles. The fraction of sp³-hybridized carbons (Fsp3) is 0.400. The highest BCUT2D eigenvalue weighted by molar-refractivity contribution is 5.97. The van der Waals surface area contributed by atoms with Crippen molar-refractivity contribution in [2.75, 3.05) is 13.1 Å². The van der Waals surface area contributed by atoms with Crippen molar-refractivity contribution in [3.05, 3.63) is 54.1 Å². The summed E-state index contributed by atoms with van der Waals surface area (Å²) in [5, 5.41) is 0. The molecule has 0 unspecified atom stereocenters. The van der Waals surface area contributed by atoms with Gasteiger partial charge in [-0.15, -0.1) is 0 Å². The molecule has 142 valence electrons. The molecule has 3 rings (SSSR count). The minimum Gasteiger partial charge on any atom is -0.368 e. The number of amides is 2. The van der Waals surface area contributed by atoms with Gasteiger partial charge < -0.3 is 15.2 Å². The van der Waals surface area contributed by atoms with Crippen molar-refractivity contribution in [1.29, 1.82) is 0 Å². The highest BCUT2D eigenvalue weighted by Crippen LogP contribution is 2.26. The molecule has 0 bridgehead atoms. The fourth-order valence-electron chi connectivity index (χ4n) is 3.54. The van der Waals surface area contributed by atoms with Gasteiger partial charge in [0, 0.05) is 49.8 Å². The zero-order chi connectivity index (χ0) is 19.2. The van der Waals surface area contributed by atoms with Crippen LogP contribution < -0.4 is 5.73 Å². The third-order valence-electron chi connectivity index (χ3n) is 4.87. The number of primary amides is 1. The lowest BCUT2D eigenvalue weighted by Crippen LogP contribution is -2.40. The van der Waals surface area contributed by atoms with Gasteiger partial charge in [-0.3, -0.25) is 14.4 Å². The minimum absolute atomic E-state index is 0.0167. The summed E-state index contributed by atoms with van der Waals surface area (Å²) in [6.07, 6.45) is 5.57. The Labute approximate surface area is 158 Å². The van der Waals surface area contributed by atoms with Crippen molar-refractivity contribution in [3.63, 3.8) is 0 Å². The van der Waals surface area contributed by atoms with E-state index in [4.69, 9.17) is 5.73 Å². The first-order valence-corrected chi connectivity index (χ1v) is 9.20. The molecule has 0 aliphatic carbocycles. The van der Waals surface area contributed by atoms with Crippen LogP contribution >= 0.6 is 0 Å². The topological polar surface area (TPSA) is 98.3 Å². The Bertz CT molecular complexity index is 816. The predicted molar refractivity (Wildman–Crippen MR) is 100.0 cm³/mol. The SMILES string of the molecule is NC(=O)Cn1ccnc1[C@@H]1CCCN(C(=O)CCC(=O)c2ccccc2)C1. The van der Waals surface area contributed by atoms with Gasteiger partial charge in [0.1, 0.15) is 12.4 Å². The van der Waals surface area contributed by atoms with Crippen LogP contribution in [0.15, 0.2) is 42.7 Å². The molecule has 2 amide bonds. The summed E-state index contributed by atoms with van der Waals surface area (Å²) in [6, 6.07) is 9.03. The summed E-state index contributed by atoms with van der Waals surface area (Å²) < 4.78 is 1.75. The number of nitrogens with zero attached hydrogens (tertiary/aromatic N) is 3. The number of carbonyl (C=O) groups is 3. The number of Topliss-reactive ketones (excluding diaryl/α,β-unsaturated/α-hetero) is 1. The molecular formula is C20H24N4O3. The van der Waals surface area contributed by atoms with Crippen LogP contribution in [-0.2, 0) is 16.1 Å². The number of ketones is 1. The lowest BCUT2D eigenvalue weighted by molar-refractivity contribution is -0.132. The number of likely N-dealkylation sites (tertiary alicyclic amines) is 1. The average Bonchev–Trinajstić information content (AvgIpc) is 3.14. The maximum Gasteiger partial charge on any atom is 0.237 e. The molecule has 0 saturated carbocycles. The first-order valence-electron chi connectivity index (χ1n) is 9.20. The van der Waals surface area contributed by atoms with Gasteiger partial charge in [-0.25, -0.2) is 4.98 Å². The third-order valence-corrected chi connectivity index (χ3v) is 4.87. The molecule has 1 aromatic carbocycles. The van der Waals surface area contributed by atoms with Gasteiger partial charge in [-0.1, -0.05) is 30.3 Å². The largest absolute Gasteiger partial charge is 0.368 e. The molecule has 1 aliphatic heterocycles. The smallest absolute Gasteiger partial charge is 0.237 e. The molecule has 2 aromatic rings. The van der Waals surface area contributed by atoms with Crippen LogP contribution in [-0.4, -0.2) is 45.1 Å². The van der Waals surface area contributed by atoms with E-state index in [1.165, 1.54) is 0 Å². The van der Waals surface area contributed by atoms with Crippen LogP contribution in [0, 0.1) is 0 Å². The number of carbonyl (C=O) groups excluding carboxylic acids is 3. The van der Waals surface area contributed by atoms with Crippen molar-refractivity contribution in [3.8, 4) is 0 Å². The van der Waals surface area contributed by atoms with Gasteiger partial charge in [0.15, 0.2) is 5.78 Å². The van der Waals surface area contributed by atoms with Crippen molar-refractivity contribution in [2.24, 2.45) is 5.73 Å². The second-order valence-electron chi connectivity index (χ2n) is 6.85. The molecule has 1 aromatic heterocycles. The van der Waals surface area contributed by atoms with E-state index < -0.39 is 5.91 Å². The van der Waals surface area contributed by atoms with E-state index >= 15 is 0 Å². The van der Waals surface area contributed by atoms with E-state index in [9.17, 15) is 14.4 Å². The standard InChI is InChI=1S/C20H24N4O3/c21-18(26)14-24-12-10-22-20(24)16-7-4-11-23(13-16)19(27)9-8-17(25)15-5-2-1-3-6-15/h1-3,5-6,10,12,16H,4,7-9,11,13-14H2,(H2,21,26)/t16-/m1/s1. The van der Waals surface area contributed by atoms with E-state index in [-0.39, 0.29) is 37.0 Å². The molecule has 2 heterocycles. The Balaban J connectivity index is 1.58. The highest BCUT2D eigenvalue weighted by Gasteiger charge is 2.27. The van der Waals surface area contributed by atoms with Crippen LogP contribution in [0.3, 0.4) is 0 Å². The number of nitrogens with two attached hydrogens (primary N) is 1. The average molecular weight is 368 g/mol. The number of imidazole rings is 1. The van der Waals surface area contributed by atoms with E-state index in [2.05, 4.69) is 4.98 Å². The Hall–Kier alpha value is -2.96. The predicted octanol–water partition coefficient (Wildman–Crippen LogP) is 1.74. The molecule has 0 spiro atoms. The number of aromatic nitrogens is 2. The Morgan fingerprint density at radius 2 is 1.93 bits per heavy atom.